The number of halogens is 2. The van der Waals surface area contributed by atoms with Crippen molar-refractivity contribution in [3.8, 4) is 5.75 Å². The maximum atomic E-state index is 12.9. The molecule has 1 atom stereocenters. The van der Waals surface area contributed by atoms with E-state index in [1.807, 2.05) is 51.1 Å². The van der Waals surface area contributed by atoms with Crippen molar-refractivity contribution >= 4 is 44.3 Å². The fourth-order valence-electron chi connectivity index (χ4n) is 2.89. The van der Waals surface area contributed by atoms with Crippen LogP contribution < -0.4 is 10.1 Å². The van der Waals surface area contributed by atoms with Gasteiger partial charge in [0.2, 0.25) is 0 Å². The third-order valence-corrected chi connectivity index (χ3v) is 5.08. The van der Waals surface area contributed by atoms with Crippen LogP contribution in [-0.2, 0) is 10.3 Å². The first-order chi connectivity index (χ1) is 13.3. The minimum Gasteiger partial charge on any atom is -0.481 e. The highest BCUT2D eigenvalue weighted by molar-refractivity contribution is 9.10. The average Bonchev–Trinajstić information content (AvgIpc) is 2.66. The standard InChI is InChI=1S/C21H21BrClN3O2/c1-4-17(20(27)26-21(2,3)18-7-5-6-8-24-18)28-15-10-13-9-14(22)12-25-19(13)16(23)11-15/h5-12,17H,4H2,1-3H3,(H,26,27)/t17-/m1/s1. The van der Waals surface area contributed by atoms with E-state index < -0.39 is 11.6 Å². The number of nitrogens with one attached hydrogen (secondary N) is 1. The zero-order valence-corrected chi connectivity index (χ0v) is 18.2. The molecule has 7 heteroatoms. The fourth-order valence-corrected chi connectivity index (χ4v) is 3.51. The van der Waals surface area contributed by atoms with Crippen molar-refractivity contribution in [3.05, 3.63) is 64.0 Å². The molecule has 0 aliphatic heterocycles. The number of fused-ring (bicyclic) bond motifs is 1. The molecule has 3 rings (SSSR count). The molecule has 2 aromatic heterocycles. The Balaban J connectivity index is 1.80. The van der Waals surface area contributed by atoms with Crippen LogP contribution in [0.5, 0.6) is 5.75 Å². The number of carbonyl (C=O) groups excluding carboxylic acids is 1. The second kappa shape index (κ2) is 8.45. The van der Waals surface area contributed by atoms with Gasteiger partial charge < -0.3 is 10.1 Å². The van der Waals surface area contributed by atoms with Crippen LogP contribution in [0.1, 0.15) is 32.9 Å². The molecule has 0 radical (unpaired) electrons. The van der Waals surface area contributed by atoms with Crippen LogP contribution in [-0.4, -0.2) is 22.0 Å². The van der Waals surface area contributed by atoms with Crippen LogP contribution in [0.4, 0.5) is 0 Å². The zero-order valence-electron chi connectivity index (χ0n) is 15.9. The second-order valence-corrected chi connectivity index (χ2v) is 8.30. The van der Waals surface area contributed by atoms with Gasteiger partial charge in [-0.2, -0.15) is 0 Å². The zero-order chi connectivity index (χ0) is 20.3. The molecule has 0 aliphatic rings. The van der Waals surface area contributed by atoms with Gasteiger partial charge in [0.05, 0.1) is 21.8 Å². The quantitative estimate of drug-likeness (QED) is 0.543. The summed E-state index contributed by atoms with van der Waals surface area (Å²) in [5, 5.41) is 4.34. The first-order valence-electron chi connectivity index (χ1n) is 8.95. The molecule has 2 heterocycles. The van der Waals surface area contributed by atoms with Gasteiger partial charge in [-0.15, -0.1) is 0 Å². The van der Waals surface area contributed by atoms with Crippen molar-refractivity contribution in [2.45, 2.75) is 38.8 Å². The molecule has 0 aliphatic carbocycles. The molecule has 0 bridgehead atoms. The Morgan fingerprint density at radius 2 is 2.07 bits per heavy atom. The molecular weight excluding hydrogens is 442 g/mol. The van der Waals surface area contributed by atoms with Crippen LogP contribution >= 0.6 is 27.5 Å². The molecule has 0 spiro atoms. The third kappa shape index (κ3) is 4.62. The Labute approximate surface area is 177 Å². The SMILES string of the molecule is CC[C@@H](Oc1cc(Cl)c2ncc(Br)cc2c1)C(=O)NC(C)(C)c1ccccn1. The Morgan fingerprint density at radius 1 is 1.29 bits per heavy atom. The van der Waals surface area contributed by atoms with Gasteiger partial charge in [-0.3, -0.25) is 14.8 Å². The summed E-state index contributed by atoms with van der Waals surface area (Å²) in [7, 11) is 0. The number of pyridine rings is 2. The monoisotopic (exact) mass is 461 g/mol. The molecule has 5 nitrogen and oxygen atoms in total. The number of hydrogen-bond donors (Lipinski definition) is 1. The topological polar surface area (TPSA) is 64.1 Å². The third-order valence-electron chi connectivity index (χ3n) is 4.36. The van der Waals surface area contributed by atoms with Crippen molar-refractivity contribution in [2.24, 2.45) is 0 Å². The summed E-state index contributed by atoms with van der Waals surface area (Å²) in [5.74, 6) is 0.316. The van der Waals surface area contributed by atoms with E-state index in [0.717, 1.165) is 15.6 Å². The van der Waals surface area contributed by atoms with Gasteiger partial charge >= 0.3 is 0 Å². The first kappa shape index (κ1) is 20.6. The first-order valence-corrected chi connectivity index (χ1v) is 10.1. The summed E-state index contributed by atoms with van der Waals surface area (Å²) in [4.78, 5) is 21.5. The molecule has 3 aromatic rings. The number of carbonyl (C=O) groups is 1. The summed E-state index contributed by atoms with van der Waals surface area (Å²) in [6, 6.07) is 11.1. The van der Waals surface area contributed by atoms with E-state index in [9.17, 15) is 4.79 Å². The summed E-state index contributed by atoms with van der Waals surface area (Å²) in [5.41, 5.74) is 0.846. The average molecular weight is 463 g/mol. The van der Waals surface area contributed by atoms with E-state index in [1.165, 1.54) is 0 Å². The number of ether oxygens (including phenoxy) is 1. The number of aromatic nitrogens is 2. The predicted molar refractivity (Wildman–Crippen MR) is 115 cm³/mol. The number of amides is 1. The summed E-state index contributed by atoms with van der Waals surface area (Å²) in [6.07, 6.45) is 3.25. The molecule has 0 fully saturated rings. The number of rotatable bonds is 6. The highest BCUT2D eigenvalue weighted by Gasteiger charge is 2.28. The number of nitrogens with zero attached hydrogens (tertiary/aromatic N) is 2. The van der Waals surface area contributed by atoms with Gasteiger partial charge in [0.15, 0.2) is 6.10 Å². The van der Waals surface area contributed by atoms with Crippen LogP contribution in [0, 0.1) is 0 Å². The summed E-state index contributed by atoms with van der Waals surface area (Å²) in [6.45, 7) is 5.73. The Morgan fingerprint density at radius 3 is 2.75 bits per heavy atom. The largest absolute Gasteiger partial charge is 0.481 e. The lowest BCUT2D eigenvalue weighted by molar-refractivity contribution is -0.130. The lowest BCUT2D eigenvalue weighted by Crippen LogP contribution is -2.47. The molecule has 1 aromatic carbocycles. The minimum absolute atomic E-state index is 0.207. The van der Waals surface area contributed by atoms with E-state index in [1.54, 1.807) is 18.5 Å². The van der Waals surface area contributed by atoms with Gasteiger partial charge in [0.25, 0.3) is 5.91 Å². The molecule has 1 N–H and O–H groups in total. The molecule has 28 heavy (non-hydrogen) atoms. The molecule has 0 unspecified atom stereocenters. The van der Waals surface area contributed by atoms with Gasteiger partial charge in [0, 0.05) is 28.3 Å². The Kier molecular flexibility index (Phi) is 6.20. The Hall–Kier alpha value is -2.18. The lowest BCUT2D eigenvalue weighted by atomic mass is 9.99. The van der Waals surface area contributed by atoms with Crippen LogP contribution in [0.15, 0.2) is 53.3 Å². The van der Waals surface area contributed by atoms with E-state index in [4.69, 9.17) is 16.3 Å². The van der Waals surface area contributed by atoms with Gasteiger partial charge in [-0.1, -0.05) is 24.6 Å². The van der Waals surface area contributed by atoms with E-state index in [0.29, 0.717) is 22.7 Å². The smallest absolute Gasteiger partial charge is 0.261 e. The van der Waals surface area contributed by atoms with Gasteiger partial charge in [-0.05, 0) is 60.5 Å². The second-order valence-electron chi connectivity index (χ2n) is 6.97. The molecule has 0 saturated carbocycles. The summed E-state index contributed by atoms with van der Waals surface area (Å²) >= 11 is 9.75. The maximum Gasteiger partial charge on any atom is 0.261 e. The molecular formula is C21H21BrClN3O2. The van der Waals surface area contributed by atoms with E-state index >= 15 is 0 Å². The number of benzene rings is 1. The highest BCUT2D eigenvalue weighted by atomic mass is 79.9. The van der Waals surface area contributed by atoms with Crippen LogP contribution in [0.3, 0.4) is 0 Å². The van der Waals surface area contributed by atoms with Crippen molar-refractivity contribution in [1.82, 2.24) is 15.3 Å². The van der Waals surface area contributed by atoms with Crippen LogP contribution in [0.2, 0.25) is 5.02 Å². The van der Waals surface area contributed by atoms with Crippen molar-refractivity contribution in [2.75, 3.05) is 0 Å². The minimum atomic E-state index is -0.656. The predicted octanol–water partition coefficient (Wildman–Crippen LogP) is 5.25. The fraction of sp³-hybridized carbons (Fsp3) is 0.286. The molecule has 146 valence electrons. The maximum absolute atomic E-state index is 12.9. The molecule has 1 amide bonds. The van der Waals surface area contributed by atoms with Crippen molar-refractivity contribution in [3.63, 3.8) is 0 Å². The number of hydrogen-bond acceptors (Lipinski definition) is 4. The van der Waals surface area contributed by atoms with Crippen LogP contribution in [0.25, 0.3) is 10.9 Å². The van der Waals surface area contributed by atoms with Gasteiger partial charge in [0.1, 0.15) is 5.75 Å². The normalized spacial score (nSPS) is 12.6. The van der Waals surface area contributed by atoms with Crippen molar-refractivity contribution in [1.29, 1.82) is 0 Å². The highest BCUT2D eigenvalue weighted by Crippen LogP contribution is 2.30. The van der Waals surface area contributed by atoms with Gasteiger partial charge in [-0.25, -0.2) is 0 Å². The molecule has 0 saturated heterocycles. The van der Waals surface area contributed by atoms with E-state index in [-0.39, 0.29) is 5.91 Å². The lowest BCUT2D eigenvalue weighted by Gasteiger charge is -2.28. The Bertz CT molecular complexity index is 996. The summed E-state index contributed by atoms with van der Waals surface area (Å²) < 4.78 is 6.82. The van der Waals surface area contributed by atoms with Crippen molar-refractivity contribution < 1.29 is 9.53 Å². The van der Waals surface area contributed by atoms with E-state index in [2.05, 4.69) is 31.2 Å².